The predicted molar refractivity (Wildman–Crippen MR) is 82.4 cm³/mol. The van der Waals surface area contributed by atoms with Gasteiger partial charge in [0.25, 0.3) is 0 Å². The summed E-state index contributed by atoms with van der Waals surface area (Å²) in [6, 6.07) is 7.37. The molecule has 1 aliphatic heterocycles. The van der Waals surface area contributed by atoms with Gasteiger partial charge in [0.05, 0.1) is 5.69 Å². The van der Waals surface area contributed by atoms with Gasteiger partial charge in [-0.1, -0.05) is 26.0 Å². The molecule has 1 aromatic carbocycles. The fraction of sp³-hybridized carbons (Fsp3) is 0.600. The van der Waals surface area contributed by atoms with E-state index in [-0.39, 0.29) is 6.04 Å². The van der Waals surface area contributed by atoms with E-state index in [0.717, 1.165) is 37.9 Å². The van der Waals surface area contributed by atoms with Crippen LogP contribution in [-0.2, 0) is 10.0 Å². The third-order valence-corrected chi connectivity index (χ3v) is 5.84. The van der Waals surface area contributed by atoms with Crippen LogP contribution in [0.4, 0.5) is 5.69 Å². The summed E-state index contributed by atoms with van der Waals surface area (Å²) in [6.45, 7) is 5.55. The highest BCUT2D eigenvalue weighted by Gasteiger charge is 2.35. The van der Waals surface area contributed by atoms with Gasteiger partial charge in [0.1, 0.15) is 4.90 Å². The van der Waals surface area contributed by atoms with Crippen molar-refractivity contribution in [1.29, 1.82) is 0 Å². The molecule has 0 aliphatic carbocycles. The first-order valence-corrected chi connectivity index (χ1v) is 8.90. The van der Waals surface area contributed by atoms with Crippen molar-refractivity contribution < 1.29 is 8.42 Å². The van der Waals surface area contributed by atoms with Crippen LogP contribution < -0.4 is 5.32 Å². The van der Waals surface area contributed by atoms with Crippen molar-refractivity contribution in [2.45, 2.75) is 50.5 Å². The van der Waals surface area contributed by atoms with Crippen molar-refractivity contribution in [3.63, 3.8) is 0 Å². The number of sulfonamides is 1. The summed E-state index contributed by atoms with van der Waals surface area (Å²) in [4.78, 5) is 0.411. The highest BCUT2D eigenvalue weighted by atomic mass is 32.2. The van der Waals surface area contributed by atoms with Crippen LogP contribution in [-0.4, -0.2) is 31.9 Å². The van der Waals surface area contributed by atoms with E-state index in [0.29, 0.717) is 11.4 Å². The molecule has 1 atom stereocenters. The van der Waals surface area contributed by atoms with Gasteiger partial charge in [0.15, 0.2) is 0 Å². The first-order valence-electron chi connectivity index (χ1n) is 7.46. The molecule has 2 rings (SSSR count). The molecule has 1 aliphatic rings. The third kappa shape index (κ3) is 2.99. The lowest BCUT2D eigenvalue weighted by molar-refractivity contribution is 0.380. The van der Waals surface area contributed by atoms with E-state index in [4.69, 9.17) is 0 Å². The molecule has 0 saturated carbocycles. The van der Waals surface area contributed by atoms with E-state index in [2.05, 4.69) is 19.2 Å². The molecule has 0 aromatic heterocycles. The molecule has 1 aromatic rings. The predicted octanol–water partition coefficient (Wildman–Crippen LogP) is 3.07. The van der Waals surface area contributed by atoms with E-state index < -0.39 is 10.0 Å². The molecule has 112 valence electrons. The highest BCUT2D eigenvalue weighted by molar-refractivity contribution is 7.89. The monoisotopic (exact) mass is 296 g/mol. The summed E-state index contributed by atoms with van der Waals surface area (Å²) >= 11 is 0. The van der Waals surface area contributed by atoms with Gasteiger partial charge in [-0.3, -0.25) is 0 Å². The van der Waals surface area contributed by atoms with Crippen LogP contribution in [0.25, 0.3) is 0 Å². The van der Waals surface area contributed by atoms with E-state index >= 15 is 0 Å². The zero-order valence-corrected chi connectivity index (χ0v) is 13.1. The second-order valence-electron chi connectivity index (χ2n) is 5.24. The molecule has 20 heavy (non-hydrogen) atoms. The summed E-state index contributed by atoms with van der Waals surface area (Å²) in [5, 5.41) is 3.22. The molecule has 0 bridgehead atoms. The van der Waals surface area contributed by atoms with Gasteiger partial charge >= 0.3 is 0 Å². The lowest BCUT2D eigenvalue weighted by atomic mass is 10.2. The van der Waals surface area contributed by atoms with Gasteiger partial charge in [0, 0.05) is 19.1 Å². The normalized spacial score (nSPS) is 20.2. The Morgan fingerprint density at radius 3 is 2.75 bits per heavy atom. The van der Waals surface area contributed by atoms with Crippen molar-refractivity contribution >= 4 is 15.7 Å². The number of rotatable bonds is 6. The number of hydrogen-bond donors (Lipinski definition) is 1. The molecule has 4 nitrogen and oxygen atoms in total. The standard InChI is InChI=1S/C15H24N2O2S/c1-3-11-16-14-9-5-6-10-15(14)20(18,19)17-12-7-8-13(17)4-2/h5-6,9-10,13,16H,3-4,7-8,11-12H2,1-2H3. The molecule has 0 spiro atoms. The Kier molecular flexibility index (Phi) is 5.05. The molecule has 1 unspecified atom stereocenters. The van der Waals surface area contributed by atoms with E-state index in [9.17, 15) is 8.42 Å². The Hall–Kier alpha value is -1.07. The number of nitrogens with one attached hydrogen (secondary N) is 1. The van der Waals surface area contributed by atoms with Crippen LogP contribution in [0.5, 0.6) is 0 Å². The van der Waals surface area contributed by atoms with Crippen molar-refractivity contribution in [2.75, 3.05) is 18.4 Å². The number of anilines is 1. The van der Waals surface area contributed by atoms with Crippen LogP contribution in [0.15, 0.2) is 29.2 Å². The lowest BCUT2D eigenvalue weighted by Crippen LogP contribution is -2.35. The molecular formula is C15H24N2O2S. The van der Waals surface area contributed by atoms with Crippen LogP contribution in [0.1, 0.15) is 39.5 Å². The van der Waals surface area contributed by atoms with Gasteiger partial charge in [-0.15, -0.1) is 0 Å². The smallest absolute Gasteiger partial charge is 0.245 e. The van der Waals surface area contributed by atoms with Crippen molar-refractivity contribution in [3.05, 3.63) is 24.3 Å². The summed E-state index contributed by atoms with van der Waals surface area (Å²) in [7, 11) is -3.39. The Morgan fingerprint density at radius 1 is 1.30 bits per heavy atom. The molecule has 1 heterocycles. The summed E-state index contributed by atoms with van der Waals surface area (Å²) in [5.74, 6) is 0. The second-order valence-corrected chi connectivity index (χ2v) is 7.10. The molecule has 1 fully saturated rings. The van der Waals surface area contributed by atoms with Crippen LogP contribution in [0, 0.1) is 0 Å². The number of para-hydroxylation sites is 1. The van der Waals surface area contributed by atoms with Crippen molar-refractivity contribution in [1.82, 2.24) is 4.31 Å². The molecule has 5 heteroatoms. The summed E-state index contributed by atoms with van der Waals surface area (Å²) in [5.41, 5.74) is 0.719. The minimum absolute atomic E-state index is 0.152. The fourth-order valence-corrected chi connectivity index (χ4v) is 4.69. The zero-order valence-electron chi connectivity index (χ0n) is 12.3. The zero-order chi connectivity index (χ0) is 14.6. The Labute approximate surface area is 122 Å². The van der Waals surface area contributed by atoms with Crippen molar-refractivity contribution in [2.24, 2.45) is 0 Å². The minimum Gasteiger partial charge on any atom is -0.384 e. The summed E-state index contributed by atoms with van der Waals surface area (Å²) in [6.07, 6.45) is 3.78. The Balaban J connectivity index is 2.34. The Bertz CT molecular complexity index is 543. The maximum Gasteiger partial charge on any atom is 0.245 e. The quantitative estimate of drug-likeness (QED) is 0.877. The van der Waals surface area contributed by atoms with Gasteiger partial charge in [-0.25, -0.2) is 8.42 Å². The minimum atomic E-state index is -3.39. The van der Waals surface area contributed by atoms with Gasteiger partial charge < -0.3 is 5.32 Å². The second kappa shape index (κ2) is 6.59. The first-order chi connectivity index (χ1) is 9.61. The molecule has 0 radical (unpaired) electrons. The average molecular weight is 296 g/mol. The van der Waals surface area contributed by atoms with Gasteiger partial charge in [-0.05, 0) is 37.8 Å². The number of benzene rings is 1. The van der Waals surface area contributed by atoms with Gasteiger partial charge in [0.2, 0.25) is 10.0 Å². The molecular weight excluding hydrogens is 272 g/mol. The summed E-state index contributed by atoms with van der Waals surface area (Å²) < 4.78 is 27.4. The SMILES string of the molecule is CCCNc1ccccc1S(=O)(=O)N1CCCC1CC. The van der Waals surface area contributed by atoms with Gasteiger partial charge in [-0.2, -0.15) is 4.31 Å². The van der Waals surface area contributed by atoms with E-state index in [1.807, 2.05) is 12.1 Å². The average Bonchev–Trinajstić information content (AvgIpc) is 2.94. The maximum absolute atomic E-state index is 12.9. The molecule has 1 N–H and O–H groups in total. The fourth-order valence-electron chi connectivity index (χ4n) is 2.76. The topological polar surface area (TPSA) is 49.4 Å². The Morgan fingerprint density at radius 2 is 2.05 bits per heavy atom. The van der Waals surface area contributed by atoms with E-state index in [1.54, 1.807) is 16.4 Å². The van der Waals surface area contributed by atoms with E-state index in [1.165, 1.54) is 0 Å². The maximum atomic E-state index is 12.9. The molecule has 0 amide bonds. The van der Waals surface area contributed by atoms with Crippen LogP contribution >= 0.6 is 0 Å². The largest absolute Gasteiger partial charge is 0.384 e. The lowest BCUT2D eigenvalue weighted by Gasteiger charge is -2.24. The number of hydrogen-bond acceptors (Lipinski definition) is 3. The number of nitrogens with zero attached hydrogens (tertiary/aromatic N) is 1. The highest BCUT2D eigenvalue weighted by Crippen LogP contribution is 2.31. The van der Waals surface area contributed by atoms with Crippen LogP contribution in [0.2, 0.25) is 0 Å². The van der Waals surface area contributed by atoms with Crippen molar-refractivity contribution in [3.8, 4) is 0 Å². The van der Waals surface area contributed by atoms with Crippen LogP contribution in [0.3, 0.4) is 0 Å². The molecule has 1 saturated heterocycles. The first kappa shape index (κ1) is 15.3. The third-order valence-electron chi connectivity index (χ3n) is 3.83.